The molecule has 3 aromatic rings. The zero-order valence-corrected chi connectivity index (χ0v) is 26.9. The SMILES string of the molecule is CC(C)(C)S(=O)N[C@H](c1ccccc1)c1cccc(OCc2ccccc2)c1P(C1CCCCC1)C1CCCCC1. The molecule has 0 heterocycles. The minimum absolute atomic E-state index is 0.163. The van der Waals surface area contributed by atoms with Crippen molar-refractivity contribution in [2.24, 2.45) is 0 Å². The quantitative estimate of drug-likeness (QED) is 0.240. The van der Waals surface area contributed by atoms with Crippen LogP contribution in [-0.4, -0.2) is 20.3 Å². The van der Waals surface area contributed by atoms with Gasteiger partial charge in [0.25, 0.3) is 0 Å². The second kappa shape index (κ2) is 14.5. The average molecular weight is 590 g/mol. The molecule has 5 rings (SSSR count). The zero-order chi connectivity index (χ0) is 28.7. The highest BCUT2D eigenvalue weighted by atomic mass is 32.2. The molecule has 0 bridgehead atoms. The highest BCUT2D eigenvalue weighted by molar-refractivity contribution is 7.84. The summed E-state index contributed by atoms with van der Waals surface area (Å²) in [4.78, 5) is 0. The lowest BCUT2D eigenvalue weighted by Gasteiger charge is -2.41. The Morgan fingerprint density at radius 2 is 1.34 bits per heavy atom. The molecular formula is C36H48NO2PS. The first-order valence-electron chi connectivity index (χ1n) is 15.7. The standard InChI is InChI=1S/C36H48NO2PS/c1-36(2,3)41(38)37-34(29-19-10-5-11-20-29)32-25-16-26-33(39-27-28-17-8-4-9-18-28)35(32)40(30-21-12-6-13-22-30)31-23-14-7-15-24-31/h4-5,8-11,16-20,25-26,30-31,34,37H,6-7,12-15,21-24,27H2,1-3H3/t34-,41?/m1/s1. The smallest absolute Gasteiger partial charge is 0.127 e. The average Bonchev–Trinajstić information content (AvgIpc) is 3.01. The third-order valence-electron chi connectivity index (χ3n) is 8.69. The Hall–Kier alpha value is -2.00. The molecule has 220 valence electrons. The van der Waals surface area contributed by atoms with Crippen molar-refractivity contribution in [3.63, 3.8) is 0 Å². The first-order valence-corrected chi connectivity index (χ1v) is 18.4. The normalized spacial score (nSPS) is 18.7. The molecule has 2 saturated carbocycles. The molecule has 41 heavy (non-hydrogen) atoms. The van der Waals surface area contributed by atoms with Gasteiger partial charge in [0.2, 0.25) is 0 Å². The molecule has 1 N–H and O–H groups in total. The zero-order valence-electron chi connectivity index (χ0n) is 25.2. The number of hydrogen-bond donors (Lipinski definition) is 1. The molecule has 0 amide bonds. The highest BCUT2D eigenvalue weighted by Gasteiger charge is 2.37. The van der Waals surface area contributed by atoms with Gasteiger partial charge in [-0.25, -0.2) is 8.93 Å². The summed E-state index contributed by atoms with van der Waals surface area (Å²) in [5.74, 6) is 1.04. The van der Waals surface area contributed by atoms with Crippen molar-refractivity contribution in [1.82, 2.24) is 4.72 Å². The Bertz CT molecular complexity index is 1230. The van der Waals surface area contributed by atoms with Gasteiger partial charge in [0, 0.05) is 5.30 Å². The monoisotopic (exact) mass is 589 g/mol. The molecule has 0 spiro atoms. The van der Waals surface area contributed by atoms with Crippen LogP contribution in [0.2, 0.25) is 0 Å². The lowest BCUT2D eigenvalue weighted by atomic mass is 9.99. The summed E-state index contributed by atoms with van der Waals surface area (Å²) in [5.41, 5.74) is 5.07. The molecule has 3 nitrogen and oxygen atoms in total. The summed E-state index contributed by atoms with van der Waals surface area (Å²) in [5, 5.41) is 1.43. The molecule has 5 heteroatoms. The van der Waals surface area contributed by atoms with E-state index in [2.05, 4.69) is 104 Å². The van der Waals surface area contributed by atoms with Gasteiger partial charge in [-0.15, -0.1) is 0 Å². The summed E-state index contributed by atoms with van der Waals surface area (Å²) < 4.78 is 23.7. The lowest BCUT2D eigenvalue weighted by molar-refractivity contribution is 0.308. The molecular weight excluding hydrogens is 541 g/mol. The van der Waals surface area contributed by atoms with Gasteiger partial charge in [-0.1, -0.05) is 119 Å². The largest absolute Gasteiger partial charge is 0.488 e. The Morgan fingerprint density at radius 3 is 1.90 bits per heavy atom. The third kappa shape index (κ3) is 7.89. The molecule has 2 fully saturated rings. The van der Waals surface area contributed by atoms with E-state index in [9.17, 15) is 4.21 Å². The summed E-state index contributed by atoms with van der Waals surface area (Å²) in [6, 6.07) is 27.7. The summed E-state index contributed by atoms with van der Waals surface area (Å²) in [6.07, 6.45) is 13.4. The molecule has 2 atom stereocenters. The van der Waals surface area contributed by atoms with E-state index < -0.39 is 18.9 Å². The summed E-state index contributed by atoms with van der Waals surface area (Å²) in [6.45, 7) is 6.72. The van der Waals surface area contributed by atoms with Crippen LogP contribution in [0.15, 0.2) is 78.9 Å². The Morgan fingerprint density at radius 1 is 0.780 bits per heavy atom. The van der Waals surface area contributed by atoms with Crippen LogP contribution in [0.4, 0.5) is 0 Å². The van der Waals surface area contributed by atoms with E-state index in [1.54, 1.807) is 0 Å². The third-order valence-corrected chi connectivity index (χ3v) is 13.9. The molecule has 3 aromatic carbocycles. The molecule has 2 aliphatic carbocycles. The van der Waals surface area contributed by atoms with Gasteiger partial charge in [-0.3, -0.25) is 0 Å². The van der Waals surface area contributed by atoms with E-state index in [1.807, 2.05) is 0 Å². The minimum Gasteiger partial charge on any atom is -0.488 e. The van der Waals surface area contributed by atoms with Crippen LogP contribution in [0, 0.1) is 0 Å². The van der Waals surface area contributed by atoms with E-state index in [4.69, 9.17) is 4.74 Å². The van der Waals surface area contributed by atoms with Crippen molar-refractivity contribution in [1.29, 1.82) is 0 Å². The van der Waals surface area contributed by atoms with Crippen LogP contribution in [0.5, 0.6) is 5.75 Å². The van der Waals surface area contributed by atoms with Gasteiger partial charge in [0.05, 0.1) is 21.8 Å². The molecule has 0 radical (unpaired) electrons. The molecule has 2 aliphatic rings. The van der Waals surface area contributed by atoms with Gasteiger partial charge in [-0.05, 0) is 80.5 Å². The maximum Gasteiger partial charge on any atom is 0.127 e. The summed E-state index contributed by atoms with van der Waals surface area (Å²) >= 11 is 0. The van der Waals surface area contributed by atoms with E-state index in [1.165, 1.54) is 80.6 Å². The topological polar surface area (TPSA) is 38.3 Å². The van der Waals surface area contributed by atoms with E-state index in [0.29, 0.717) is 6.61 Å². The van der Waals surface area contributed by atoms with E-state index >= 15 is 0 Å². The van der Waals surface area contributed by atoms with Crippen LogP contribution in [-0.2, 0) is 17.6 Å². The predicted octanol–water partition coefficient (Wildman–Crippen LogP) is 9.18. The fourth-order valence-electron chi connectivity index (χ4n) is 6.52. The number of nitrogens with one attached hydrogen (secondary N) is 1. The van der Waals surface area contributed by atoms with Gasteiger partial charge in [-0.2, -0.15) is 0 Å². The predicted molar refractivity (Wildman–Crippen MR) is 177 cm³/mol. The van der Waals surface area contributed by atoms with Gasteiger partial charge in [0.1, 0.15) is 12.4 Å². The van der Waals surface area contributed by atoms with Crippen LogP contribution in [0.25, 0.3) is 0 Å². The molecule has 0 aromatic heterocycles. The fourth-order valence-corrected chi connectivity index (χ4v) is 11.4. The number of benzene rings is 3. The van der Waals surface area contributed by atoms with Gasteiger partial charge in [0.15, 0.2) is 0 Å². The van der Waals surface area contributed by atoms with Crippen LogP contribution in [0.3, 0.4) is 0 Å². The molecule has 0 saturated heterocycles. The van der Waals surface area contributed by atoms with E-state index in [0.717, 1.165) is 22.6 Å². The van der Waals surface area contributed by atoms with E-state index in [-0.39, 0.29) is 10.8 Å². The first kappa shape index (κ1) is 30.5. The highest BCUT2D eigenvalue weighted by Crippen LogP contribution is 2.57. The molecule has 0 aliphatic heterocycles. The Labute approximate surface area is 252 Å². The first-order chi connectivity index (χ1) is 19.9. The molecule has 1 unspecified atom stereocenters. The fraction of sp³-hybridized carbons (Fsp3) is 0.500. The van der Waals surface area contributed by atoms with Crippen molar-refractivity contribution in [2.75, 3.05) is 0 Å². The van der Waals surface area contributed by atoms with Crippen molar-refractivity contribution in [2.45, 2.75) is 114 Å². The van der Waals surface area contributed by atoms with Crippen molar-refractivity contribution in [3.8, 4) is 5.75 Å². The number of ether oxygens (including phenoxy) is 1. The van der Waals surface area contributed by atoms with Crippen molar-refractivity contribution < 1.29 is 8.95 Å². The van der Waals surface area contributed by atoms with Gasteiger partial charge >= 0.3 is 0 Å². The number of rotatable bonds is 10. The maximum absolute atomic E-state index is 13.7. The minimum atomic E-state index is -1.22. The lowest BCUT2D eigenvalue weighted by Crippen LogP contribution is -2.38. The Balaban J connectivity index is 1.65. The van der Waals surface area contributed by atoms with Crippen LogP contribution in [0.1, 0.15) is 108 Å². The summed E-state index contributed by atoms with van der Waals surface area (Å²) in [7, 11) is -1.68. The number of hydrogen-bond acceptors (Lipinski definition) is 2. The van der Waals surface area contributed by atoms with Crippen LogP contribution >= 0.6 is 7.92 Å². The van der Waals surface area contributed by atoms with Crippen molar-refractivity contribution in [3.05, 3.63) is 95.6 Å². The second-order valence-electron chi connectivity index (χ2n) is 12.8. The van der Waals surface area contributed by atoms with Gasteiger partial charge < -0.3 is 4.74 Å². The van der Waals surface area contributed by atoms with Crippen LogP contribution < -0.4 is 14.8 Å². The second-order valence-corrected chi connectivity index (χ2v) is 17.5. The van der Waals surface area contributed by atoms with Crippen molar-refractivity contribution >= 4 is 24.2 Å². The Kier molecular flexibility index (Phi) is 10.7. The maximum atomic E-state index is 13.7.